The largest absolute Gasteiger partial charge is 0.454 e. The third kappa shape index (κ3) is 3.80. The smallest absolute Gasteiger partial charge is 0.291 e. The van der Waals surface area contributed by atoms with Crippen LogP contribution in [0.25, 0.3) is 10.9 Å². The number of nitrogens with one attached hydrogen (secondary N) is 1. The Bertz CT molecular complexity index is 1110. The summed E-state index contributed by atoms with van der Waals surface area (Å²) in [6, 6.07) is 9.37. The van der Waals surface area contributed by atoms with Crippen molar-refractivity contribution in [1.29, 1.82) is 0 Å². The summed E-state index contributed by atoms with van der Waals surface area (Å²) in [5.41, 5.74) is 1.59. The molecule has 8 heteroatoms. The van der Waals surface area contributed by atoms with Crippen LogP contribution in [0.2, 0.25) is 0 Å². The van der Waals surface area contributed by atoms with Crippen molar-refractivity contribution < 1.29 is 9.21 Å². The summed E-state index contributed by atoms with van der Waals surface area (Å²) < 4.78 is 10.2. The lowest BCUT2D eigenvalue weighted by atomic mass is 10.2. The number of halogens is 1. The van der Waals surface area contributed by atoms with Crippen LogP contribution in [-0.4, -0.2) is 25.5 Å². The highest BCUT2D eigenvalue weighted by Crippen LogP contribution is 2.21. The van der Waals surface area contributed by atoms with E-state index in [2.05, 4.69) is 45.3 Å². The van der Waals surface area contributed by atoms with Crippen molar-refractivity contribution >= 4 is 38.4 Å². The molecule has 0 radical (unpaired) electrons. The summed E-state index contributed by atoms with van der Waals surface area (Å²) in [5, 5.41) is 12.5. The molecule has 0 aliphatic heterocycles. The number of carbonyl (C=O) groups excluding carboxylic acids is 1. The Morgan fingerprint density at radius 3 is 2.85 bits per heavy atom. The zero-order chi connectivity index (χ0) is 19.0. The van der Waals surface area contributed by atoms with Gasteiger partial charge in [-0.25, -0.2) is 0 Å². The molecule has 0 saturated carbocycles. The molecule has 0 atom stereocenters. The molecule has 138 valence electrons. The first-order valence-electron chi connectivity index (χ1n) is 8.55. The van der Waals surface area contributed by atoms with Crippen LogP contribution in [0.4, 0.5) is 5.69 Å². The molecule has 3 heterocycles. The second kappa shape index (κ2) is 7.03. The van der Waals surface area contributed by atoms with E-state index in [0.717, 1.165) is 15.4 Å². The Kier molecular flexibility index (Phi) is 4.57. The number of rotatable bonds is 5. The van der Waals surface area contributed by atoms with E-state index in [1.165, 1.54) is 0 Å². The number of anilines is 1. The molecular weight excluding hydrogens is 410 g/mol. The molecule has 0 aliphatic rings. The Balaban J connectivity index is 1.48. The van der Waals surface area contributed by atoms with Crippen LogP contribution in [0.1, 0.15) is 36.2 Å². The van der Waals surface area contributed by atoms with Crippen molar-refractivity contribution in [2.24, 2.45) is 0 Å². The van der Waals surface area contributed by atoms with E-state index in [9.17, 15) is 4.79 Å². The first-order valence-corrected chi connectivity index (χ1v) is 9.34. The van der Waals surface area contributed by atoms with Crippen molar-refractivity contribution in [2.45, 2.75) is 26.4 Å². The Hall–Kier alpha value is -2.87. The number of carbonyl (C=O) groups is 1. The highest BCUT2D eigenvalue weighted by atomic mass is 79.9. The van der Waals surface area contributed by atoms with Crippen molar-refractivity contribution in [1.82, 2.24) is 19.6 Å². The normalized spacial score (nSPS) is 11.4. The molecule has 0 saturated heterocycles. The predicted octanol–water partition coefficient (Wildman–Crippen LogP) is 4.47. The third-order valence-corrected chi connectivity index (χ3v) is 4.52. The lowest BCUT2D eigenvalue weighted by Gasteiger charge is -2.03. The topological polar surface area (TPSA) is 77.9 Å². The second-order valence-corrected chi connectivity index (χ2v) is 7.47. The summed E-state index contributed by atoms with van der Waals surface area (Å²) >= 11 is 3.35. The van der Waals surface area contributed by atoms with Crippen LogP contribution in [0.5, 0.6) is 0 Å². The van der Waals surface area contributed by atoms with Crippen molar-refractivity contribution in [3.05, 3.63) is 64.9 Å². The van der Waals surface area contributed by atoms with Gasteiger partial charge in [0.25, 0.3) is 5.91 Å². The minimum absolute atomic E-state index is 0.259. The van der Waals surface area contributed by atoms with E-state index in [1.54, 1.807) is 23.0 Å². The number of hydrogen-bond acceptors (Lipinski definition) is 4. The fourth-order valence-electron chi connectivity index (χ4n) is 2.75. The number of benzene rings is 1. The summed E-state index contributed by atoms with van der Waals surface area (Å²) in [6.07, 6.45) is 5.52. The molecule has 3 aromatic heterocycles. The van der Waals surface area contributed by atoms with E-state index in [0.29, 0.717) is 18.0 Å². The minimum atomic E-state index is -0.293. The Morgan fingerprint density at radius 2 is 2.11 bits per heavy atom. The molecule has 1 aromatic carbocycles. The van der Waals surface area contributed by atoms with Crippen LogP contribution >= 0.6 is 15.9 Å². The Morgan fingerprint density at radius 1 is 1.26 bits per heavy atom. The zero-order valence-corrected chi connectivity index (χ0v) is 16.5. The van der Waals surface area contributed by atoms with Gasteiger partial charge in [-0.3, -0.25) is 14.2 Å². The van der Waals surface area contributed by atoms with Gasteiger partial charge in [0.05, 0.1) is 22.7 Å². The Labute approximate surface area is 164 Å². The van der Waals surface area contributed by atoms with Gasteiger partial charge in [0.15, 0.2) is 5.76 Å². The lowest BCUT2D eigenvalue weighted by molar-refractivity contribution is 0.0994. The molecule has 0 aliphatic carbocycles. The molecule has 1 N–H and O–H groups in total. The molecule has 0 fully saturated rings. The first-order chi connectivity index (χ1) is 13.0. The third-order valence-electron chi connectivity index (χ3n) is 4.11. The van der Waals surface area contributed by atoms with Crippen LogP contribution in [0, 0.1) is 0 Å². The molecule has 4 aromatic rings. The monoisotopic (exact) mass is 427 g/mol. The van der Waals surface area contributed by atoms with Gasteiger partial charge < -0.3 is 9.73 Å². The molecule has 0 spiro atoms. The van der Waals surface area contributed by atoms with Gasteiger partial charge in [-0.1, -0.05) is 0 Å². The van der Waals surface area contributed by atoms with E-state index in [-0.39, 0.29) is 17.7 Å². The standard InChI is InChI=1S/C19H18BrN5O2/c1-12(2)25-9-13-7-15(3-5-17(13)23-25)22-19(26)18-6-4-16(27-18)11-24-10-14(20)8-21-24/h3-10,12H,11H2,1-2H3,(H,22,26). The summed E-state index contributed by atoms with van der Waals surface area (Å²) in [4.78, 5) is 12.5. The highest BCUT2D eigenvalue weighted by Gasteiger charge is 2.13. The lowest BCUT2D eigenvalue weighted by Crippen LogP contribution is -2.10. The summed E-state index contributed by atoms with van der Waals surface area (Å²) in [7, 11) is 0. The van der Waals surface area contributed by atoms with E-state index < -0.39 is 0 Å². The fraction of sp³-hybridized carbons (Fsp3) is 0.211. The maximum Gasteiger partial charge on any atom is 0.291 e. The van der Waals surface area contributed by atoms with Crippen LogP contribution in [-0.2, 0) is 6.54 Å². The molecule has 7 nitrogen and oxygen atoms in total. The quantitative estimate of drug-likeness (QED) is 0.509. The summed E-state index contributed by atoms with van der Waals surface area (Å²) in [6.45, 7) is 4.61. The molecule has 27 heavy (non-hydrogen) atoms. The van der Waals surface area contributed by atoms with Gasteiger partial charge in [0.2, 0.25) is 0 Å². The maximum atomic E-state index is 12.5. The molecule has 0 unspecified atom stereocenters. The number of furan rings is 1. The zero-order valence-electron chi connectivity index (χ0n) is 14.9. The van der Waals surface area contributed by atoms with E-state index in [4.69, 9.17) is 4.42 Å². The average molecular weight is 428 g/mol. The van der Waals surface area contributed by atoms with Gasteiger partial charge in [0.1, 0.15) is 5.76 Å². The minimum Gasteiger partial charge on any atom is -0.454 e. The summed E-state index contributed by atoms with van der Waals surface area (Å²) in [5.74, 6) is 0.622. The van der Waals surface area contributed by atoms with Gasteiger partial charge in [-0.2, -0.15) is 10.2 Å². The number of hydrogen-bond donors (Lipinski definition) is 1. The fourth-order valence-corrected chi connectivity index (χ4v) is 3.08. The van der Waals surface area contributed by atoms with Crippen LogP contribution < -0.4 is 5.32 Å². The van der Waals surface area contributed by atoms with Gasteiger partial charge in [0, 0.05) is 29.5 Å². The van der Waals surface area contributed by atoms with Gasteiger partial charge in [-0.15, -0.1) is 0 Å². The van der Waals surface area contributed by atoms with E-state index >= 15 is 0 Å². The van der Waals surface area contributed by atoms with Crippen LogP contribution in [0.3, 0.4) is 0 Å². The number of aromatic nitrogens is 4. The average Bonchev–Trinajstić information content (AvgIpc) is 3.34. The predicted molar refractivity (Wildman–Crippen MR) is 106 cm³/mol. The molecule has 4 rings (SSSR count). The SMILES string of the molecule is CC(C)n1cc2cc(NC(=O)c3ccc(Cn4cc(Br)cn4)o3)ccc2n1. The molecule has 0 bridgehead atoms. The first kappa shape index (κ1) is 17.5. The number of amides is 1. The van der Waals surface area contributed by atoms with E-state index in [1.807, 2.05) is 35.3 Å². The van der Waals surface area contributed by atoms with Gasteiger partial charge >= 0.3 is 0 Å². The van der Waals surface area contributed by atoms with Crippen molar-refractivity contribution in [2.75, 3.05) is 5.32 Å². The molecule has 1 amide bonds. The van der Waals surface area contributed by atoms with Crippen molar-refractivity contribution in [3.63, 3.8) is 0 Å². The van der Waals surface area contributed by atoms with Gasteiger partial charge in [-0.05, 0) is 60.1 Å². The van der Waals surface area contributed by atoms with Crippen LogP contribution in [0.15, 0.2) is 57.8 Å². The van der Waals surface area contributed by atoms with Crippen molar-refractivity contribution in [3.8, 4) is 0 Å². The highest BCUT2D eigenvalue weighted by molar-refractivity contribution is 9.10. The maximum absolute atomic E-state index is 12.5. The second-order valence-electron chi connectivity index (χ2n) is 6.55. The number of fused-ring (bicyclic) bond motifs is 1. The number of nitrogens with zero attached hydrogens (tertiary/aromatic N) is 4. The molecular formula is C19H18BrN5O2.